The molecule has 144 valence electrons. The Hall–Kier alpha value is -2.04. The average molecular weight is 367 g/mol. The van der Waals surface area contributed by atoms with Crippen LogP contribution in [0.5, 0.6) is 11.5 Å². The van der Waals surface area contributed by atoms with Gasteiger partial charge in [0.2, 0.25) is 0 Å². The molecule has 2 bridgehead atoms. The molecule has 3 aliphatic rings. The monoisotopic (exact) mass is 366 g/mol. The summed E-state index contributed by atoms with van der Waals surface area (Å²) in [6.07, 6.45) is 2.66. The summed E-state index contributed by atoms with van der Waals surface area (Å²) in [5.41, 5.74) is 2.64. The van der Waals surface area contributed by atoms with Gasteiger partial charge in [-0.25, -0.2) is 0 Å². The number of piperidine rings is 1. The second-order valence-electron chi connectivity index (χ2n) is 7.86. The van der Waals surface area contributed by atoms with E-state index in [9.17, 15) is 0 Å². The highest BCUT2D eigenvalue weighted by Gasteiger charge is 2.34. The number of para-hydroxylation sites is 1. The molecule has 0 radical (unpaired) electrons. The van der Waals surface area contributed by atoms with E-state index in [0.717, 1.165) is 37.1 Å². The van der Waals surface area contributed by atoms with Crippen LogP contribution in [0.4, 0.5) is 0 Å². The number of methoxy groups -OCH3 is 2. The molecule has 3 fully saturated rings. The largest absolute Gasteiger partial charge is 0.493 e. The van der Waals surface area contributed by atoms with E-state index in [0.29, 0.717) is 6.04 Å². The zero-order valence-electron chi connectivity index (χ0n) is 16.4. The first-order valence-electron chi connectivity index (χ1n) is 9.97. The van der Waals surface area contributed by atoms with Crippen molar-refractivity contribution in [2.45, 2.75) is 32.0 Å². The van der Waals surface area contributed by atoms with Gasteiger partial charge in [-0.05, 0) is 30.4 Å². The predicted molar refractivity (Wildman–Crippen MR) is 108 cm³/mol. The number of hydrogen-bond acceptors (Lipinski definition) is 4. The van der Waals surface area contributed by atoms with E-state index in [1.54, 1.807) is 14.2 Å². The predicted octanol–water partition coefficient (Wildman–Crippen LogP) is 3.80. The molecule has 3 saturated heterocycles. The second kappa shape index (κ2) is 8.32. The number of rotatable bonds is 6. The van der Waals surface area contributed by atoms with E-state index >= 15 is 0 Å². The van der Waals surface area contributed by atoms with Crippen LogP contribution in [0.3, 0.4) is 0 Å². The van der Waals surface area contributed by atoms with E-state index < -0.39 is 0 Å². The number of nitrogens with zero attached hydrogens (tertiary/aromatic N) is 2. The van der Waals surface area contributed by atoms with Crippen molar-refractivity contribution in [2.75, 3.05) is 33.9 Å². The second-order valence-corrected chi connectivity index (χ2v) is 7.86. The third kappa shape index (κ3) is 4.12. The quantitative estimate of drug-likeness (QED) is 0.776. The van der Waals surface area contributed by atoms with E-state index in [2.05, 4.69) is 52.3 Å². The minimum absolute atomic E-state index is 0.639. The van der Waals surface area contributed by atoms with Crippen LogP contribution in [0, 0.1) is 5.92 Å². The van der Waals surface area contributed by atoms with Gasteiger partial charge in [0.25, 0.3) is 0 Å². The lowest BCUT2D eigenvalue weighted by Crippen LogP contribution is -2.43. The van der Waals surface area contributed by atoms with Crippen molar-refractivity contribution >= 4 is 0 Å². The van der Waals surface area contributed by atoms with Crippen LogP contribution in [-0.4, -0.2) is 49.7 Å². The Balaban J connectivity index is 1.48. The smallest absolute Gasteiger partial charge is 0.165 e. The standard InChI is InChI=1S/C23H30N2O2/c1-26-22-10-6-9-20(23(22)27-2)16-24-13-19-11-12-21(17-24)25(15-19)14-18-7-4-3-5-8-18/h3-10,19,21H,11-17H2,1-2H3/t19-,21+/m1/s1. The van der Waals surface area contributed by atoms with Crippen LogP contribution in [0.15, 0.2) is 48.5 Å². The van der Waals surface area contributed by atoms with Crippen molar-refractivity contribution in [1.29, 1.82) is 0 Å². The molecule has 2 aromatic carbocycles. The van der Waals surface area contributed by atoms with E-state index in [1.165, 1.54) is 37.1 Å². The van der Waals surface area contributed by atoms with E-state index in [1.807, 2.05) is 6.07 Å². The lowest BCUT2D eigenvalue weighted by molar-refractivity contribution is 0.123. The molecule has 0 aliphatic carbocycles. The Labute approximate surface area is 162 Å². The van der Waals surface area contributed by atoms with Gasteiger partial charge >= 0.3 is 0 Å². The molecule has 4 nitrogen and oxygen atoms in total. The first-order chi connectivity index (χ1) is 13.3. The minimum Gasteiger partial charge on any atom is -0.493 e. The lowest BCUT2D eigenvalue weighted by atomic mass is 9.94. The normalized spacial score (nSPS) is 23.2. The van der Waals surface area contributed by atoms with Gasteiger partial charge in [0.05, 0.1) is 14.2 Å². The Morgan fingerprint density at radius 2 is 1.70 bits per heavy atom. The zero-order chi connectivity index (χ0) is 18.6. The maximum Gasteiger partial charge on any atom is 0.165 e. The van der Waals surface area contributed by atoms with Gasteiger partial charge in [0.15, 0.2) is 11.5 Å². The summed E-state index contributed by atoms with van der Waals surface area (Å²) >= 11 is 0. The Bertz CT molecular complexity index is 749. The molecule has 5 rings (SSSR count). The summed E-state index contributed by atoms with van der Waals surface area (Å²) in [5, 5.41) is 0. The van der Waals surface area contributed by atoms with Crippen molar-refractivity contribution < 1.29 is 9.47 Å². The Morgan fingerprint density at radius 3 is 2.48 bits per heavy atom. The zero-order valence-corrected chi connectivity index (χ0v) is 16.4. The Kier molecular flexibility index (Phi) is 5.65. The highest BCUT2D eigenvalue weighted by atomic mass is 16.5. The van der Waals surface area contributed by atoms with Crippen LogP contribution in [0.2, 0.25) is 0 Å². The van der Waals surface area contributed by atoms with Crippen LogP contribution in [0.25, 0.3) is 0 Å². The average Bonchev–Trinajstić information content (AvgIpc) is 2.99. The molecule has 0 aromatic heterocycles. The summed E-state index contributed by atoms with van der Waals surface area (Å²) < 4.78 is 11.1. The first kappa shape index (κ1) is 18.3. The molecule has 0 amide bonds. The molecular weight excluding hydrogens is 336 g/mol. The molecule has 3 aliphatic heterocycles. The molecule has 27 heavy (non-hydrogen) atoms. The fraction of sp³-hybridized carbons (Fsp3) is 0.478. The molecule has 0 unspecified atom stereocenters. The molecule has 2 aromatic rings. The number of ether oxygens (including phenoxy) is 2. The molecule has 0 spiro atoms. The van der Waals surface area contributed by atoms with Gasteiger partial charge < -0.3 is 9.47 Å². The maximum atomic E-state index is 5.65. The summed E-state index contributed by atoms with van der Waals surface area (Å²) in [6, 6.07) is 17.7. The molecule has 3 heterocycles. The van der Waals surface area contributed by atoms with Gasteiger partial charge in [0.1, 0.15) is 0 Å². The third-order valence-corrected chi connectivity index (χ3v) is 6.01. The van der Waals surface area contributed by atoms with Crippen LogP contribution in [0.1, 0.15) is 24.0 Å². The van der Waals surface area contributed by atoms with Crippen LogP contribution < -0.4 is 9.47 Å². The highest BCUT2D eigenvalue weighted by Crippen LogP contribution is 2.34. The molecular formula is C23H30N2O2. The van der Waals surface area contributed by atoms with Crippen molar-refractivity contribution in [3.63, 3.8) is 0 Å². The Morgan fingerprint density at radius 1 is 0.852 bits per heavy atom. The summed E-state index contributed by atoms with van der Waals surface area (Å²) in [6.45, 7) is 5.50. The maximum absolute atomic E-state index is 5.65. The number of benzene rings is 2. The highest BCUT2D eigenvalue weighted by molar-refractivity contribution is 5.46. The lowest BCUT2D eigenvalue weighted by Gasteiger charge is -2.36. The van der Waals surface area contributed by atoms with E-state index in [-0.39, 0.29) is 0 Å². The minimum atomic E-state index is 0.639. The first-order valence-corrected chi connectivity index (χ1v) is 9.97. The van der Waals surface area contributed by atoms with Crippen LogP contribution >= 0.6 is 0 Å². The molecule has 0 N–H and O–H groups in total. The van der Waals surface area contributed by atoms with E-state index in [4.69, 9.17) is 9.47 Å². The fourth-order valence-electron chi connectivity index (χ4n) is 4.74. The van der Waals surface area contributed by atoms with Gasteiger partial charge in [-0.1, -0.05) is 42.5 Å². The topological polar surface area (TPSA) is 24.9 Å². The van der Waals surface area contributed by atoms with Crippen molar-refractivity contribution in [2.24, 2.45) is 5.92 Å². The third-order valence-electron chi connectivity index (χ3n) is 6.01. The summed E-state index contributed by atoms with van der Waals surface area (Å²) in [4.78, 5) is 5.32. The van der Waals surface area contributed by atoms with Gasteiger partial charge in [-0.15, -0.1) is 0 Å². The van der Waals surface area contributed by atoms with Crippen LogP contribution in [-0.2, 0) is 13.1 Å². The van der Waals surface area contributed by atoms with Crippen molar-refractivity contribution in [1.82, 2.24) is 9.80 Å². The summed E-state index contributed by atoms with van der Waals surface area (Å²) in [7, 11) is 3.43. The molecule has 0 saturated carbocycles. The number of fused-ring (bicyclic) bond motifs is 4. The molecule has 4 heteroatoms. The van der Waals surface area contributed by atoms with Crippen molar-refractivity contribution in [3.8, 4) is 11.5 Å². The van der Waals surface area contributed by atoms with Crippen molar-refractivity contribution in [3.05, 3.63) is 59.7 Å². The fourth-order valence-corrected chi connectivity index (χ4v) is 4.74. The SMILES string of the molecule is COc1cccc(CN2C[C@H]3CC[C@@H](C2)N(Cc2ccccc2)C3)c1OC. The van der Waals surface area contributed by atoms with Gasteiger partial charge in [0, 0.05) is 44.3 Å². The molecule has 2 atom stereocenters. The summed E-state index contributed by atoms with van der Waals surface area (Å²) in [5.74, 6) is 2.44. The van der Waals surface area contributed by atoms with Gasteiger partial charge in [-0.2, -0.15) is 0 Å². The van der Waals surface area contributed by atoms with Gasteiger partial charge in [-0.3, -0.25) is 9.80 Å². The number of hydrogen-bond donors (Lipinski definition) is 0.